The molecule has 0 atom stereocenters. The first-order valence-corrected chi connectivity index (χ1v) is 5.57. The van der Waals surface area contributed by atoms with Gasteiger partial charge >= 0.3 is 0 Å². The zero-order chi connectivity index (χ0) is 13.4. The van der Waals surface area contributed by atoms with E-state index < -0.39 is 39.8 Å². The molecule has 0 saturated heterocycles. The summed E-state index contributed by atoms with van der Waals surface area (Å²) in [4.78, 5) is 0. The van der Waals surface area contributed by atoms with Gasteiger partial charge in [-0.1, -0.05) is 27.2 Å². The highest BCUT2D eigenvalue weighted by Crippen LogP contribution is 2.35. The van der Waals surface area contributed by atoms with Crippen LogP contribution in [0.2, 0.25) is 0 Å². The Balaban J connectivity index is 3.54. The highest BCUT2D eigenvalue weighted by Gasteiger charge is 2.32. The summed E-state index contributed by atoms with van der Waals surface area (Å²) in [5.41, 5.74) is -2.05. The molecule has 0 aliphatic rings. The molecular formula is C13H16F4. The molecule has 0 aromatic heterocycles. The van der Waals surface area contributed by atoms with E-state index in [2.05, 4.69) is 0 Å². The van der Waals surface area contributed by atoms with Crippen LogP contribution in [0.3, 0.4) is 0 Å². The first kappa shape index (κ1) is 14.0. The van der Waals surface area contributed by atoms with Gasteiger partial charge < -0.3 is 0 Å². The molecule has 96 valence electrons. The third-order valence-electron chi connectivity index (χ3n) is 3.03. The van der Waals surface area contributed by atoms with Gasteiger partial charge in [0.2, 0.25) is 0 Å². The molecule has 0 fully saturated rings. The minimum Gasteiger partial charge on any atom is -0.203 e. The summed E-state index contributed by atoms with van der Waals surface area (Å²) in [7, 11) is 0. The summed E-state index contributed by atoms with van der Waals surface area (Å²) in [5.74, 6) is -5.16. The van der Waals surface area contributed by atoms with E-state index in [0.717, 1.165) is 6.92 Å². The van der Waals surface area contributed by atoms with Gasteiger partial charge in [-0.05, 0) is 18.8 Å². The lowest BCUT2D eigenvalue weighted by Crippen LogP contribution is -2.23. The maximum Gasteiger partial charge on any atom is 0.165 e. The Kier molecular flexibility index (Phi) is 3.84. The minimum atomic E-state index is -1.30. The first-order valence-electron chi connectivity index (χ1n) is 5.57. The molecular weight excluding hydrogens is 232 g/mol. The molecule has 0 unspecified atom stereocenters. The zero-order valence-corrected chi connectivity index (χ0v) is 10.4. The third kappa shape index (κ3) is 2.31. The fourth-order valence-electron chi connectivity index (χ4n) is 2.09. The highest BCUT2D eigenvalue weighted by atomic mass is 19.2. The molecule has 0 heterocycles. The summed E-state index contributed by atoms with van der Waals surface area (Å²) in [6.07, 6.45) is 1.12. The van der Waals surface area contributed by atoms with E-state index in [1.807, 2.05) is 6.92 Å². The smallest absolute Gasteiger partial charge is 0.165 e. The molecule has 1 aromatic carbocycles. The van der Waals surface area contributed by atoms with E-state index in [4.69, 9.17) is 0 Å². The highest BCUT2D eigenvalue weighted by molar-refractivity contribution is 5.33. The normalized spacial score (nSPS) is 12.0. The third-order valence-corrected chi connectivity index (χ3v) is 3.03. The molecule has 0 radical (unpaired) electrons. The molecule has 17 heavy (non-hydrogen) atoms. The lowest BCUT2D eigenvalue weighted by molar-refractivity contribution is 0.372. The second-order valence-corrected chi connectivity index (χ2v) is 4.89. The van der Waals surface area contributed by atoms with Gasteiger partial charge in [0.1, 0.15) is 0 Å². The van der Waals surface area contributed by atoms with Gasteiger partial charge in [-0.3, -0.25) is 0 Å². The lowest BCUT2D eigenvalue weighted by Gasteiger charge is -2.26. The summed E-state index contributed by atoms with van der Waals surface area (Å²) in [6.45, 7) is 6.02. The molecule has 0 spiro atoms. The van der Waals surface area contributed by atoms with Crippen LogP contribution in [0.5, 0.6) is 0 Å². The SMILES string of the molecule is CCCC(C)(C)c1c(F)c(F)c(C)c(F)c1F. The molecule has 0 nitrogen and oxygen atoms in total. The predicted molar refractivity (Wildman–Crippen MR) is 58.9 cm³/mol. The van der Waals surface area contributed by atoms with Crippen molar-refractivity contribution in [1.29, 1.82) is 0 Å². The van der Waals surface area contributed by atoms with Crippen molar-refractivity contribution in [3.8, 4) is 0 Å². The zero-order valence-electron chi connectivity index (χ0n) is 10.4. The maximum absolute atomic E-state index is 13.7. The Morgan fingerprint density at radius 2 is 1.29 bits per heavy atom. The standard InChI is InChI=1S/C13H16F4/c1-5-6-13(3,4)8-11(16)9(14)7(2)10(15)12(8)17/h5-6H2,1-4H3. The monoisotopic (exact) mass is 248 g/mol. The van der Waals surface area contributed by atoms with Crippen LogP contribution in [-0.4, -0.2) is 0 Å². The van der Waals surface area contributed by atoms with Gasteiger partial charge in [0.25, 0.3) is 0 Å². The van der Waals surface area contributed by atoms with E-state index in [1.165, 1.54) is 0 Å². The molecule has 0 amide bonds. The Bertz CT molecular complexity index is 407. The van der Waals surface area contributed by atoms with Gasteiger partial charge in [-0.25, -0.2) is 17.6 Å². The Labute approximate surface area is 98.6 Å². The molecule has 0 bridgehead atoms. The van der Waals surface area contributed by atoms with Crippen molar-refractivity contribution in [1.82, 2.24) is 0 Å². The van der Waals surface area contributed by atoms with Gasteiger partial charge in [0.15, 0.2) is 23.3 Å². The van der Waals surface area contributed by atoms with Crippen LogP contribution < -0.4 is 0 Å². The fourth-order valence-corrected chi connectivity index (χ4v) is 2.09. The van der Waals surface area contributed by atoms with Crippen molar-refractivity contribution in [2.75, 3.05) is 0 Å². The molecule has 0 aliphatic heterocycles. The van der Waals surface area contributed by atoms with Crippen LogP contribution in [0.1, 0.15) is 44.7 Å². The van der Waals surface area contributed by atoms with Crippen molar-refractivity contribution in [3.63, 3.8) is 0 Å². The van der Waals surface area contributed by atoms with Crippen LogP contribution in [-0.2, 0) is 5.41 Å². The van der Waals surface area contributed by atoms with Crippen LogP contribution in [0, 0.1) is 30.2 Å². The summed E-state index contributed by atoms with van der Waals surface area (Å²) < 4.78 is 54.3. The van der Waals surface area contributed by atoms with Crippen LogP contribution in [0.15, 0.2) is 0 Å². The summed E-state index contributed by atoms with van der Waals surface area (Å²) >= 11 is 0. The van der Waals surface area contributed by atoms with Gasteiger partial charge in [-0.15, -0.1) is 0 Å². The number of halogens is 4. The van der Waals surface area contributed by atoms with E-state index in [-0.39, 0.29) is 0 Å². The molecule has 1 aromatic rings. The van der Waals surface area contributed by atoms with Crippen molar-refractivity contribution >= 4 is 0 Å². The van der Waals surface area contributed by atoms with Gasteiger partial charge in [0, 0.05) is 11.1 Å². The van der Waals surface area contributed by atoms with E-state index in [1.54, 1.807) is 13.8 Å². The molecule has 1 rings (SSSR count). The van der Waals surface area contributed by atoms with Crippen molar-refractivity contribution in [3.05, 3.63) is 34.4 Å². The average molecular weight is 248 g/mol. The minimum absolute atomic E-state index is 0.447. The molecule has 0 saturated carbocycles. The summed E-state index contributed by atoms with van der Waals surface area (Å²) in [6, 6.07) is 0. The van der Waals surface area contributed by atoms with E-state index in [0.29, 0.717) is 12.8 Å². The number of rotatable bonds is 3. The number of benzene rings is 1. The number of hydrogen-bond donors (Lipinski definition) is 0. The van der Waals surface area contributed by atoms with E-state index in [9.17, 15) is 17.6 Å². The van der Waals surface area contributed by atoms with Crippen LogP contribution >= 0.6 is 0 Å². The lowest BCUT2D eigenvalue weighted by atomic mass is 9.79. The topological polar surface area (TPSA) is 0 Å². The van der Waals surface area contributed by atoms with Crippen molar-refractivity contribution < 1.29 is 17.6 Å². The van der Waals surface area contributed by atoms with Gasteiger partial charge in [0.05, 0.1) is 0 Å². The maximum atomic E-state index is 13.7. The fraction of sp³-hybridized carbons (Fsp3) is 0.538. The Morgan fingerprint density at radius 3 is 1.65 bits per heavy atom. The van der Waals surface area contributed by atoms with E-state index >= 15 is 0 Å². The van der Waals surface area contributed by atoms with Crippen LogP contribution in [0.4, 0.5) is 17.6 Å². The quantitative estimate of drug-likeness (QED) is 0.540. The molecule has 0 N–H and O–H groups in total. The second kappa shape index (κ2) is 4.67. The largest absolute Gasteiger partial charge is 0.203 e. The first-order chi connectivity index (χ1) is 7.74. The van der Waals surface area contributed by atoms with Crippen molar-refractivity contribution in [2.24, 2.45) is 0 Å². The summed E-state index contributed by atoms with van der Waals surface area (Å²) in [5, 5.41) is 0. The average Bonchev–Trinajstić information content (AvgIpc) is 2.23. The Hall–Kier alpha value is -1.06. The van der Waals surface area contributed by atoms with Crippen LogP contribution in [0.25, 0.3) is 0 Å². The molecule has 0 aliphatic carbocycles. The number of hydrogen-bond acceptors (Lipinski definition) is 0. The molecule has 4 heteroatoms. The second-order valence-electron chi connectivity index (χ2n) is 4.89. The Morgan fingerprint density at radius 1 is 0.882 bits per heavy atom. The van der Waals surface area contributed by atoms with Gasteiger partial charge in [-0.2, -0.15) is 0 Å². The van der Waals surface area contributed by atoms with Crippen molar-refractivity contribution in [2.45, 2.75) is 46.0 Å². The predicted octanol–water partition coefficient (Wildman–Crippen LogP) is 4.63.